The van der Waals surface area contributed by atoms with Gasteiger partial charge in [-0.1, -0.05) is 17.7 Å². The summed E-state index contributed by atoms with van der Waals surface area (Å²) in [6.45, 7) is 1.97. The number of nitrogens with one attached hydrogen (secondary N) is 1. The molecule has 2 unspecified atom stereocenters. The quantitative estimate of drug-likeness (QED) is 0.147. The van der Waals surface area contributed by atoms with Crippen molar-refractivity contribution in [3.8, 4) is 0 Å². The first kappa shape index (κ1) is 22.0. The molecule has 1 aromatic carbocycles. The Hall–Kier alpha value is -0.740. The Kier molecular flexibility index (Phi) is 7.36. The van der Waals surface area contributed by atoms with E-state index < -0.39 is 6.43 Å². The van der Waals surface area contributed by atoms with E-state index in [0.29, 0.717) is 16.9 Å². The summed E-state index contributed by atoms with van der Waals surface area (Å²) in [5, 5.41) is 3.50. The third-order valence-corrected chi connectivity index (χ3v) is 7.24. The van der Waals surface area contributed by atoms with Crippen LogP contribution in [0.3, 0.4) is 0 Å². The van der Waals surface area contributed by atoms with E-state index in [2.05, 4.69) is 15.3 Å². The van der Waals surface area contributed by atoms with Crippen molar-refractivity contribution in [1.29, 1.82) is 0 Å². The van der Waals surface area contributed by atoms with E-state index in [1.165, 1.54) is 4.34 Å². The lowest BCUT2D eigenvalue weighted by Gasteiger charge is -2.15. The number of hydrogen-bond donors (Lipinski definition) is 1. The summed E-state index contributed by atoms with van der Waals surface area (Å²) in [6.07, 6.45) is -0.726. The zero-order valence-corrected chi connectivity index (χ0v) is 19.9. The molecule has 0 saturated heterocycles. The Balaban J connectivity index is 2.10. The highest BCUT2D eigenvalue weighted by atomic mass is 127. The molecule has 5 nitrogen and oxygen atoms in total. The summed E-state index contributed by atoms with van der Waals surface area (Å²) in [4.78, 5) is 9.35. The number of anilines is 2. The van der Waals surface area contributed by atoms with Crippen LogP contribution in [0.1, 0.15) is 30.8 Å². The third-order valence-electron chi connectivity index (χ3n) is 4.21. The molecule has 28 heavy (non-hydrogen) atoms. The third kappa shape index (κ3) is 4.38. The van der Waals surface area contributed by atoms with Crippen molar-refractivity contribution in [3.05, 3.63) is 40.8 Å². The number of rotatable bonds is 7. The summed E-state index contributed by atoms with van der Waals surface area (Å²) in [6, 6.07) is 7.53. The SMILES string of the molecule is COC(C)c1ccc(Nc2cc(Cl)nc3c2nc(C(F)F)n3PI)c(SC)c1. The number of aromatic nitrogens is 3. The molecule has 2 heterocycles. The molecule has 0 aliphatic rings. The van der Waals surface area contributed by atoms with Crippen LogP contribution in [0.4, 0.5) is 20.2 Å². The second-order valence-electron chi connectivity index (χ2n) is 5.82. The van der Waals surface area contributed by atoms with E-state index in [9.17, 15) is 8.78 Å². The normalized spacial score (nSPS) is 13.1. The highest BCUT2D eigenvalue weighted by Gasteiger charge is 2.22. The van der Waals surface area contributed by atoms with Gasteiger partial charge in [-0.15, -0.1) is 11.8 Å². The van der Waals surface area contributed by atoms with E-state index in [1.54, 1.807) is 24.9 Å². The minimum Gasteiger partial charge on any atom is -0.377 e. The molecule has 0 bridgehead atoms. The molecular weight excluding hydrogens is 540 g/mol. The maximum absolute atomic E-state index is 13.4. The van der Waals surface area contributed by atoms with Gasteiger partial charge in [-0.2, -0.15) is 0 Å². The van der Waals surface area contributed by atoms with Crippen LogP contribution in [0, 0.1) is 0 Å². The van der Waals surface area contributed by atoms with Crippen LogP contribution in [-0.4, -0.2) is 27.7 Å². The van der Waals surface area contributed by atoms with Gasteiger partial charge in [-0.3, -0.25) is 4.34 Å². The monoisotopic (exact) mass is 556 g/mol. The Labute approximate surface area is 185 Å². The topological polar surface area (TPSA) is 52.0 Å². The molecule has 3 rings (SSSR count). The van der Waals surface area contributed by atoms with Gasteiger partial charge in [0, 0.05) is 18.1 Å². The predicted octanol–water partition coefficient (Wildman–Crippen LogP) is 6.99. The fourth-order valence-corrected chi connectivity index (χ4v) is 5.38. The zero-order chi connectivity index (χ0) is 20.4. The molecule has 0 saturated carbocycles. The number of imidazole rings is 1. The average Bonchev–Trinajstić information content (AvgIpc) is 3.06. The van der Waals surface area contributed by atoms with Crippen LogP contribution in [0.2, 0.25) is 5.15 Å². The second-order valence-corrected chi connectivity index (χ2v) is 9.12. The highest BCUT2D eigenvalue weighted by Crippen LogP contribution is 2.39. The van der Waals surface area contributed by atoms with E-state index in [0.717, 1.165) is 16.1 Å². The molecule has 0 fully saturated rings. The van der Waals surface area contributed by atoms with Crippen LogP contribution in [0.15, 0.2) is 29.2 Å². The average molecular weight is 557 g/mol. The lowest BCUT2D eigenvalue weighted by Crippen LogP contribution is -1.99. The number of methoxy groups -OCH3 is 1. The molecule has 0 radical (unpaired) electrons. The lowest BCUT2D eigenvalue weighted by molar-refractivity contribution is 0.119. The molecule has 2 aromatic heterocycles. The second kappa shape index (κ2) is 9.38. The van der Waals surface area contributed by atoms with Crippen molar-refractivity contribution in [2.24, 2.45) is 0 Å². The van der Waals surface area contributed by atoms with Gasteiger partial charge in [0.2, 0.25) is 0 Å². The molecular formula is C17H17ClF2IN4OPS. The number of fused-ring (bicyclic) bond motifs is 1. The van der Waals surface area contributed by atoms with Crippen molar-refractivity contribution in [3.63, 3.8) is 0 Å². The van der Waals surface area contributed by atoms with Crippen molar-refractivity contribution in [2.75, 3.05) is 18.7 Å². The molecule has 11 heteroatoms. The van der Waals surface area contributed by atoms with Gasteiger partial charge >= 0.3 is 0 Å². The summed E-state index contributed by atoms with van der Waals surface area (Å²) < 4.78 is 33.6. The molecule has 2 atom stereocenters. The minimum atomic E-state index is -2.69. The Morgan fingerprint density at radius 3 is 2.64 bits per heavy atom. The Morgan fingerprint density at radius 1 is 1.29 bits per heavy atom. The summed E-state index contributed by atoms with van der Waals surface area (Å²) >= 11 is 9.77. The van der Waals surface area contributed by atoms with Gasteiger partial charge in [-0.05, 0) is 52.9 Å². The zero-order valence-electron chi connectivity index (χ0n) is 15.1. The molecule has 0 amide bonds. The number of halogens is 4. The van der Waals surface area contributed by atoms with Gasteiger partial charge in [-0.25, -0.2) is 18.7 Å². The molecule has 3 aromatic rings. The van der Waals surface area contributed by atoms with E-state index in [4.69, 9.17) is 16.3 Å². The van der Waals surface area contributed by atoms with Gasteiger partial charge < -0.3 is 10.1 Å². The van der Waals surface area contributed by atoms with E-state index in [1.807, 2.05) is 53.4 Å². The minimum absolute atomic E-state index is 0.0307. The van der Waals surface area contributed by atoms with Crippen molar-refractivity contribution >= 4 is 74.3 Å². The Bertz CT molecular complexity index is 1010. The molecule has 150 valence electrons. The van der Waals surface area contributed by atoms with Crippen molar-refractivity contribution < 1.29 is 13.5 Å². The first-order valence-electron chi connectivity index (χ1n) is 8.11. The first-order valence-corrected chi connectivity index (χ1v) is 13.8. The lowest BCUT2D eigenvalue weighted by atomic mass is 10.1. The molecule has 0 aliphatic carbocycles. The van der Waals surface area contributed by atoms with Gasteiger partial charge in [0.25, 0.3) is 6.43 Å². The maximum atomic E-state index is 13.4. The number of pyridine rings is 1. The van der Waals surface area contributed by atoms with E-state index in [-0.39, 0.29) is 23.5 Å². The number of alkyl halides is 2. The van der Waals surface area contributed by atoms with Crippen LogP contribution < -0.4 is 5.32 Å². The summed E-state index contributed by atoms with van der Waals surface area (Å²) in [5.41, 5.74) is 3.12. The largest absolute Gasteiger partial charge is 0.377 e. The fourth-order valence-electron chi connectivity index (χ4n) is 2.70. The summed E-state index contributed by atoms with van der Waals surface area (Å²) in [5.74, 6) is -0.310. The van der Waals surface area contributed by atoms with Crippen LogP contribution in [0.25, 0.3) is 11.2 Å². The molecule has 0 spiro atoms. The van der Waals surface area contributed by atoms with Gasteiger partial charge in [0.1, 0.15) is 10.7 Å². The first-order chi connectivity index (χ1) is 13.4. The smallest absolute Gasteiger partial charge is 0.295 e. The van der Waals surface area contributed by atoms with E-state index >= 15 is 0 Å². The van der Waals surface area contributed by atoms with Gasteiger partial charge in [0.05, 0.1) is 23.9 Å². The number of benzene rings is 1. The van der Waals surface area contributed by atoms with Crippen molar-refractivity contribution in [2.45, 2.75) is 24.3 Å². The van der Waals surface area contributed by atoms with Gasteiger partial charge in [0.15, 0.2) is 11.5 Å². The summed E-state index contributed by atoms with van der Waals surface area (Å²) in [7, 11) is 1.66. The van der Waals surface area contributed by atoms with Crippen LogP contribution >= 0.6 is 51.8 Å². The number of hydrogen-bond acceptors (Lipinski definition) is 5. The molecule has 1 N–H and O–H groups in total. The number of thioether (sulfide) groups is 1. The van der Waals surface area contributed by atoms with Crippen molar-refractivity contribution in [1.82, 2.24) is 14.3 Å². The number of nitrogens with zero attached hydrogens (tertiary/aromatic N) is 3. The highest BCUT2D eigenvalue weighted by molar-refractivity contribution is 14.2. The number of ether oxygens (including phenoxy) is 1. The fraction of sp³-hybridized carbons (Fsp3) is 0.294. The van der Waals surface area contributed by atoms with Crippen LogP contribution in [-0.2, 0) is 4.74 Å². The van der Waals surface area contributed by atoms with Crippen LogP contribution in [0.5, 0.6) is 0 Å². The maximum Gasteiger partial charge on any atom is 0.295 e. The standard InChI is InChI=1S/C17H17ClF2IN4OPS/c1-8(26-2)9-4-5-10(12(6-9)28-3)22-11-7-13(18)23-16-14(11)24-17(15(19)20)25(16)27-21/h4-8,15,27H,1-3H3,(H,22,23). The predicted molar refractivity (Wildman–Crippen MR) is 122 cm³/mol. The Morgan fingerprint density at radius 2 is 2.04 bits per heavy atom. The molecule has 0 aliphatic heterocycles.